The second-order valence-corrected chi connectivity index (χ2v) is 8.32. The highest BCUT2D eigenvalue weighted by atomic mass is 35.5. The molecule has 1 rings (SSSR count). The number of rotatable bonds is 7. The third-order valence-corrected chi connectivity index (χ3v) is 3.59. The van der Waals surface area contributed by atoms with E-state index in [0.29, 0.717) is 10.6 Å². The second kappa shape index (κ2) is 10.7. The van der Waals surface area contributed by atoms with Crippen LogP contribution in [0.25, 0.3) is 0 Å². The smallest absolute Gasteiger partial charge is 0.413 e. The van der Waals surface area contributed by atoms with Crippen LogP contribution in [0.4, 0.5) is 10.5 Å². The Balaban J connectivity index is 3.19. The summed E-state index contributed by atoms with van der Waals surface area (Å²) in [6.45, 7) is 7.78. The third kappa shape index (κ3) is 9.34. The average Bonchev–Trinajstić information content (AvgIpc) is 2.51. The number of hydrogen-bond acceptors (Lipinski definition) is 7. The molecule has 1 N–H and O–H groups in total. The molecule has 1 amide bonds. The van der Waals surface area contributed by atoms with Crippen molar-refractivity contribution in [2.24, 2.45) is 0 Å². The first-order valence-electron chi connectivity index (χ1n) is 8.79. The molecule has 0 radical (unpaired) electrons. The average molecular weight is 449 g/mol. The molecule has 1 aromatic carbocycles. The van der Waals surface area contributed by atoms with Crippen molar-refractivity contribution in [2.75, 3.05) is 18.9 Å². The first-order valence-corrected chi connectivity index (χ1v) is 9.60. The van der Waals surface area contributed by atoms with E-state index >= 15 is 0 Å². The Morgan fingerprint density at radius 2 is 1.83 bits per heavy atom. The number of nitrogens with zero attached hydrogens (tertiary/aromatic N) is 1. The van der Waals surface area contributed by atoms with Gasteiger partial charge in [0.2, 0.25) is 0 Å². The van der Waals surface area contributed by atoms with Gasteiger partial charge in [-0.25, -0.2) is 4.79 Å². The van der Waals surface area contributed by atoms with Gasteiger partial charge in [-0.2, -0.15) is 0 Å². The van der Waals surface area contributed by atoms with Gasteiger partial charge in [0.05, 0.1) is 12.2 Å². The van der Waals surface area contributed by atoms with Crippen molar-refractivity contribution < 1.29 is 28.6 Å². The molecule has 0 heterocycles. The molecule has 2 atom stereocenters. The van der Waals surface area contributed by atoms with Crippen LogP contribution in [0.15, 0.2) is 18.2 Å². The number of hydrogen-bond donors (Lipinski definition) is 1. The van der Waals surface area contributed by atoms with Crippen molar-refractivity contribution >= 4 is 46.9 Å². The highest BCUT2D eigenvalue weighted by Crippen LogP contribution is 2.31. The van der Waals surface area contributed by atoms with Crippen LogP contribution >= 0.6 is 23.2 Å². The van der Waals surface area contributed by atoms with Crippen molar-refractivity contribution in [3.05, 3.63) is 28.8 Å². The Hall–Kier alpha value is -2.03. The topological polar surface area (TPSA) is 94.2 Å². The lowest BCUT2D eigenvalue weighted by Crippen LogP contribution is -2.36. The summed E-state index contributed by atoms with van der Waals surface area (Å²) in [5.41, 5.74) is -0.888. The number of nitrogens with one attached hydrogen (secondary N) is 1. The standard InChI is InChI=1S/C19H26Cl2N2O6/c1-11(20)27-18(26)22-15-8-7-13(21)9-14(15)17(28-12(2)24)23(6)10-16(25)29-19(3,4)5/h7-9,11,17H,10H2,1-6H3,(H,22,26). The molecule has 0 fully saturated rings. The Bertz CT molecular complexity index is 749. The number of anilines is 1. The van der Waals surface area contributed by atoms with E-state index < -0.39 is 35.4 Å². The van der Waals surface area contributed by atoms with Crippen LogP contribution in [0, 0.1) is 0 Å². The Morgan fingerprint density at radius 3 is 2.34 bits per heavy atom. The molecule has 0 aliphatic carbocycles. The van der Waals surface area contributed by atoms with E-state index in [4.69, 9.17) is 37.4 Å². The number of ether oxygens (including phenoxy) is 3. The van der Waals surface area contributed by atoms with Gasteiger partial charge in [-0.15, -0.1) is 0 Å². The lowest BCUT2D eigenvalue weighted by molar-refractivity contribution is -0.166. The second-order valence-electron chi connectivity index (χ2n) is 7.27. The third-order valence-electron chi connectivity index (χ3n) is 3.26. The van der Waals surface area contributed by atoms with Gasteiger partial charge in [-0.1, -0.05) is 23.2 Å². The molecule has 0 saturated heterocycles. The summed E-state index contributed by atoms with van der Waals surface area (Å²) in [6.07, 6.45) is -1.82. The molecule has 0 saturated carbocycles. The molecule has 0 aliphatic rings. The van der Waals surface area contributed by atoms with Gasteiger partial charge in [0, 0.05) is 17.5 Å². The lowest BCUT2D eigenvalue weighted by atomic mass is 10.1. The summed E-state index contributed by atoms with van der Waals surface area (Å²) in [6, 6.07) is 4.58. The maximum Gasteiger partial charge on any atom is 0.413 e. The van der Waals surface area contributed by atoms with Gasteiger partial charge in [0.15, 0.2) is 11.8 Å². The highest BCUT2D eigenvalue weighted by Gasteiger charge is 2.28. The summed E-state index contributed by atoms with van der Waals surface area (Å²) in [5.74, 6) is -1.10. The Kier molecular flexibility index (Phi) is 9.19. The molecule has 8 nitrogen and oxygen atoms in total. The van der Waals surface area contributed by atoms with Crippen LogP contribution in [0.2, 0.25) is 5.02 Å². The van der Waals surface area contributed by atoms with Crippen molar-refractivity contribution in [2.45, 2.75) is 52.0 Å². The van der Waals surface area contributed by atoms with E-state index in [0.717, 1.165) is 0 Å². The van der Waals surface area contributed by atoms with Gasteiger partial charge >= 0.3 is 18.0 Å². The molecular weight excluding hydrogens is 423 g/mol. The fraction of sp³-hybridized carbons (Fsp3) is 0.526. The van der Waals surface area contributed by atoms with E-state index in [9.17, 15) is 14.4 Å². The first-order chi connectivity index (χ1) is 13.3. The summed E-state index contributed by atoms with van der Waals surface area (Å²) < 4.78 is 15.6. The van der Waals surface area contributed by atoms with E-state index in [1.807, 2.05) is 0 Å². The Labute approximate surface area is 180 Å². The van der Waals surface area contributed by atoms with E-state index in [2.05, 4.69) is 5.32 Å². The molecule has 0 bridgehead atoms. The van der Waals surface area contributed by atoms with Crippen LogP contribution in [0.3, 0.4) is 0 Å². The molecular formula is C19H26Cl2N2O6. The van der Waals surface area contributed by atoms with Crippen LogP contribution in [0.1, 0.15) is 46.4 Å². The SMILES string of the molecule is CC(=O)OC(c1cc(Cl)ccc1NC(=O)OC(C)Cl)N(C)CC(=O)OC(C)(C)C. The van der Waals surface area contributed by atoms with Gasteiger partial charge in [-0.05, 0) is 52.9 Å². The number of benzene rings is 1. The first kappa shape index (κ1) is 25.0. The molecule has 162 valence electrons. The van der Waals surface area contributed by atoms with Crippen LogP contribution in [-0.4, -0.2) is 47.7 Å². The zero-order valence-corrected chi connectivity index (χ0v) is 18.8. The maximum atomic E-state index is 12.2. The fourth-order valence-electron chi connectivity index (χ4n) is 2.35. The normalized spacial score (nSPS) is 13.4. The van der Waals surface area contributed by atoms with Crippen LogP contribution in [0.5, 0.6) is 0 Å². The van der Waals surface area contributed by atoms with E-state index in [1.165, 1.54) is 30.9 Å². The number of carbonyl (C=O) groups excluding carboxylic acids is 3. The predicted octanol–water partition coefficient (Wildman–Crippen LogP) is 4.31. The number of alkyl halides is 1. The fourth-order valence-corrected chi connectivity index (χ4v) is 2.61. The summed E-state index contributed by atoms with van der Waals surface area (Å²) in [4.78, 5) is 37.3. The molecule has 29 heavy (non-hydrogen) atoms. The number of halogens is 2. The predicted molar refractivity (Wildman–Crippen MR) is 110 cm³/mol. The largest absolute Gasteiger partial charge is 0.459 e. The van der Waals surface area contributed by atoms with Gasteiger partial charge in [0.1, 0.15) is 5.60 Å². The van der Waals surface area contributed by atoms with Crippen molar-refractivity contribution in [3.8, 4) is 0 Å². The van der Waals surface area contributed by atoms with Gasteiger partial charge in [-0.3, -0.25) is 19.8 Å². The van der Waals surface area contributed by atoms with E-state index in [1.54, 1.807) is 33.9 Å². The maximum absolute atomic E-state index is 12.2. The van der Waals surface area contributed by atoms with Crippen LogP contribution < -0.4 is 5.32 Å². The number of carbonyl (C=O) groups is 3. The zero-order chi connectivity index (χ0) is 22.4. The number of amides is 1. The monoisotopic (exact) mass is 448 g/mol. The minimum Gasteiger partial charge on any atom is -0.459 e. The molecule has 2 unspecified atom stereocenters. The van der Waals surface area contributed by atoms with Crippen molar-refractivity contribution in [1.29, 1.82) is 0 Å². The Morgan fingerprint density at radius 1 is 1.21 bits per heavy atom. The van der Waals surface area contributed by atoms with Gasteiger partial charge in [0.25, 0.3) is 0 Å². The lowest BCUT2D eigenvalue weighted by Gasteiger charge is -2.29. The summed E-state index contributed by atoms with van der Waals surface area (Å²) in [5, 5.41) is 2.87. The molecule has 0 aliphatic heterocycles. The molecule has 0 aromatic heterocycles. The van der Waals surface area contributed by atoms with Crippen molar-refractivity contribution in [1.82, 2.24) is 4.90 Å². The summed E-state index contributed by atoms with van der Waals surface area (Å²) >= 11 is 11.8. The number of esters is 2. The van der Waals surface area contributed by atoms with Gasteiger partial charge < -0.3 is 14.2 Å². The zero-order valence-electron chi connectivity index (χ0n) is 17.2. The molecule has 0 spiro atoms. The quantitative estimate of drug-likeness (QED) is 0.287. The highest BCUT2D eigenvalue weighted by molar-refractivity contribution is 6.30. The molecule has 10 heteroatoms. The van der Waals surface area contributed by atoms with Crippen LogP contribution in [-0.2, 0) is 23.8 Å². The number of likely N-dealkylation sites (N-methyl/N-ethyl adjacent to an activating group) is 1. The minimum absolute atomic E-state index is 0.176. The minimum atomic E-state index is -1.03. The molecule has 1 aromatic rings. The van der Waals surface area contributed by atoms with E-state index in [-0.39, 0.29) is 12.2 Å². The summed E-state index contributed by atoms with van der Waals surface area (Å²) in [7, 11) is 1.57. The van der Waals surface area contributed by atoms with Crippen molar-refractivity contribution in [3.63, 3.8) is 0 Å².